The van der Waals surface area contributed by atoms with Crippen molar-refractivity contribution in [1.29, 1.82) is 0 Å². The Morgan fingerprint density at radius 1 is 1.05 bits per heavy atom. The lowest BCUT2D eigenvalue weighted by atomic mass is 9.82. The number of piperazine rings is 1. The predicted octanol–water partition coefficient (Wildman–Crippen LogP) is 4.24. The van der Waals surface area contributed by atoms with Crippen LogP contribution in [0.4, 0.5) is 0 Å². The molecule has 1 saturated heterocycles. The minimum atomic E-state index is -0.872. The highest BCUT2D eigenvalue weighted by molar-refractivity contribution is 5.99. The number of aromatic amines is 1. The highest BCUT2D eigenvalue weighted by atomic mass is 16.2. The van der Waals surface area contributed by atoms with Gasteiger partial charge in [-0.3, -0.25) is 24.2 Å². The molecule has 1 saturated carbocycles. The first-order chi connectivity index (χ1) is 20.3. The SMILES string of the molecule is CC(=O)N(Cc1ccc(C)c(C)c1)C(=O)C(Cc1c[nH]c2ccccc12)NC(=O)CN1CCNCC1C1CCCCC1. The standard InChI is InChI=1S/C34H45N5O3/c1-23-13-14-26(17-24(23)2)21-39(25(3)40)34(42)31(18-28-19-36-30-12-8-7-11-29(28)30)37-33(41)22-38-16-15-35-20-32(38)27-9-5-4-6-10-27/h7-8,11-14,17,19,27,31-32,35-36H,4-6,9-10,15-16,18,20-22H2,1-3H3,(H,37,41). The van der Waals surface area contributed by atoms with Gasteiger partial charge in [-0.05, 0) is 60.9 Å². The van der Waals surface area contributed by atoms with Crippen LogP contribution >= 0.6 is 0 Å². The number of benzene rings is 2. The summed E-state index contributed by atoms with van der Waals surface area (Å²) in [6.45, 7) is 8.44. The molecule has 224 valence electrons. The molecule has 8 nitrogen and oxygen atoms in total. The molecule has 2 aromatic carbocycles. The van der Waals surface area contributed by atoms with Crippen molar-refractivity contribution in [3.8, 4) is 0 Å². The van der Waals surface area contributed by atoms with E-state index in [1.165, 1.54) is 43.9 Å². The summed E-state index contributed by atoms with van der Waals surface area (Å²) in [7, 11) is 0. The summed E-state index contributed by atoms with van der Waals surface area (Å²) in [6.07, 6.45) is 8.40. The Hall–Kier alpha value is -3.49. The number of amides is 3. The number of aryl methyl sites for hydroxylation is 2. The normalized spacial score (nSPS) is 19.0. The van der Waals surface area contributed by atoms with E-state index in [-0.39, 0.29) is 30.8 Å². The molecule has 2 atom stereocenters. The van der Waals surface area contributed by atoms with Crippen LogP contribution in [0.3, 0.4) is 0 Å². The lowest BCUT2D eigenvalue weighted by molar-refractivity contribution is -0.147. The number of hydrogen-bond donors (Lipinski definition) is 3. The molecular formula is C34H45N5O3. The number of hydrogen-bond acceptors (Lipinski definition) is 5. The zero-order valence-electron chi connectivity index (χ0n) is 25.2. The van der Waals surface area contributed by atoms with E-state index in [1.807, 2.05) is 62.5 Å². The Balaban J connectivity index is 1.37. The van der Waals surface area contributed by atoms with Gasteiger partial charge in [0.1, 0.15) is 6.04 Å². The monoisotopic (exact) mass is 571 g/mol. The molecule has 1 aromatic heterocycles. The summed E-state index contributed by atoms with van der Waals surface area (Å²) in [6, 6.07) is 13.4. The third-order valence-corrected chi connectivity index (χ3v) is 9.23. The van der Waals surface area contributed by atoms with Gasteiger partial charge in [0.2, 0.25) is 11.8 Å². The molecule has 3 N–H and O–H groups in total. The number of imide groups is 1. The maximum Gasteiger partial charge on any atom is 0.252 e. The molecule has 1 aliphatic carbocycles. The zero-order valence-corrected chi connectivity index (χ0v) is 25.2. The van der Waals surface area contributed by atoms with Gasteiger partial charge in [0.15, 0.2) is 0 Å². The predicted molar refractivity (Wildman–Crippen MR) is 166 cm³/mol. The van der Waals surface area contributed by atoms with Crippen LogP contribution < -0.4 is 10.6 Å². The van der Waals surface area contributed by atoms with Crippen LogP contribution in [0.2, 0.25) is 0 Å². The molecule has 2 fully saturated rings. The molecule has 3 aromatic rings. The van der Waals surface area contributed by atoms with E-state index in [9.17, 15) is 14.4 Å². The van der Waals surface area contributed by atoms with Crippen LogP contribution in [-0.2, 0) is 27.3 Å². The first-order valence-electron chi connectivity index (χ1n) is 15.5. The van der Waals surface area contributed by atoms with E-state index >= 15 is 0 Å². The molecule has 2 unspecified atom stereocenters. The van der Waals surface area contributed by atoms with E-state index in [4.69, 9.17) is 0 Å². The lowest BCUT2D eigenvalue weighted by Crippen LogP contribution is -2.58. The quantitative estimate of drug-likeness (QED) is 0.357. The molecule has 0 bridgehead atoms. The first kappa shape index (κ1) is 30.0. The van der Waals surface area contributed by atoms with E-state index in [0.717, 1.165) is 52.8 Å². The second-order valence-corrected chi connectivity index (χ2v) is 12.2. The van der Waals surface area contributed by atoms with Gasteiger partial charge in [-0.25, -0.2) is 0 Å². The lowest BCUT2D eigenvalue weighted by Gasteiger charge is -2.42. The Bertz CT molecular complexity index is 1410. The van der Waals surface area contributed by atoms with Crippen LogP contribution in [-0.4, -0.2) is 70.8 Å². The summed E-state index contributed by atoms with van der Waals surface area (Å²) in [5.74, 6) is -0.306. The maximum atomic E-state index is 14.1. The molecule has 42 heavy (non-hydrogen) atoms. The van der Waals surface area contributed by atoms with Gasteiger partial charge < -0.3 is 15.6 Å². The van der Waals surface area contributed by atoms with Crippen LogP contribution in [0.25, 0.3) is 10.9 Å². The van der Waals surface area contributed by atoms with Gasteiger partial charge >= 0.3 is 0 Å². The van der Waals surface area contributed by atoms with Crippen molar-refractivity contribution in [1.82, 2.24) is 25.4 Å². The second kappa shape index (κ2) is 13.7. The van der Waals surface area contributed by atoms with E-state index in [2.05, 4.69) is 20.5 Å². The van der Waals surface area contributed by atoms with Crippen molar-refractivity contribution >= 4 is 28.6 Å². The number of aromatic nitrogens is 1. The molecular weight excluding hydrogens is 526 g/mol. The molecule has 0 spiro atoms. The minimum absolute atomic E-state index is 0.164. The fourth-order valence-electron chi connectivity index (χ4n) is 6.71. The van der Waals surface area contributed by atoms with Crippen molar-refractivity contribution in [3.05, 3.63) is 70.9 Å². The number of carbonyl (C=O) groups excluding carboxylic acids is 3. The summed E-state index contributed by atoms with van der Waals surface area (Å²) < 4.78 is 0. The number of nitrogens with zero attached hydrogens (tertiary/aromatic N) is 2. The second-order valence-electron chi connectivity index (χ2n) is 12.2. The van der Waals surface area contributed by atoms with E-state index in [1.54, 1.807) is 0 Å². The summed E-state index contributed by atoms with van der Waals surface area (Å²) in [5.41, 5.74) is 5.05. The summed E-state index contributed by atoms with van der Waals surface area (Å²) in [4.78, 5) is 47.4. The topological polar surface area (TPSA) is 97.5 Å². The maximum absolute atomic E-state index is 14.1. The smallest absolute Gasteiger partial charge is 0.252 e. The average molecular weight is 572 g/mol. The van der Waals surface area contributed by atoms with Crippen molar-refractivity contribution in [2.75, 3.05) is 26.2 Å². The fraction of sp³-hybridized carbons (Fsp3) is 0.500. The molecule has 0 radical (unpaired) electrons. The number of para-hydroxylation sites is 1. The first-order valence-corrected chi connectivity index (χ1v) is 15.5. The fourth-order valence-corrected chi connectivity index (χ4v) is 6.71. The number of carbonyl (C=O) groups is 3. The van der Waals surface area contributed by atoms with Gasteiger partial charge in [0.25, 0.3) is 5.91 Å². The third kappa shape index (κ3) is 7.10. The Labute approximate surface area is 249 Å². The van der Waals surface area contributed by atoms with E-state index < -0.39 is 6.04 Å². The highest BCUT2D eigenvalue weighted by Gasteiger charge is 2.34. The van der Waals surface area contributed by atoms with E-state index in [0.29, 0.717) is 18.4 Å². The minimum Gasteiger partial charge on any atom is -0.361 e. The number of nitrogens with one attached hydrogen (secondary N) is 3. The Morgan fingerprint density at radius 2 is 1.83 bits per heavy atom. The number of rotatable bonds is 9. The molecule has 3 amide bonds. The van der Waals surface area contributed by atoms with Crippen molar-refractivity contribution in [3.63, 3.8) is 0 Å². The van der Waals surface area contributed by atoms with Crippen molar-refractivity contribution in [2.45, 2.75) is 77.9 Å². The van der Waals surface area contributed by atoms with Gasteiger partial charge in [-0.1, -0.05) is 55.7 Å². The molecule has 1 aliphatic heterocycles. The zero-order chi connectivity index (χ0) is 29.6. The van der Waals surface area contributed by atoms with Gasteiger partial charge in [-0.15, -0.1) is 0 Å². The molecule has 5 rings (SSSR count). The summed E-state index contributed by atoms with van der Waals surface area (Å²) >= 11 is 0. The van der Waals surface area contributed by atoms with Crippen LogP contribution in [0.1, 0.15) is 61.3 Å². The van der Waals surface area contributed by atoms with Gasteiger partial charge in [0, 0.05) is 56.1 Å². The Kier molecular flexibility index (Phi) is 9.75. The van der Waals surface area contributed by atoms with Crippen LogP contribution in [0.5, 0.6) is 0 Å². The molecule has 2 heterocycles. The van der Waals surface area contributed by atoms with Gasteiger partial charge in [-0.2, -0.15) is 0 Å². The molecule has 8 heteroatoms. The summed E-state index contributed by atoms with van der Waals surface area (Å²) in [5, 5.41) is 7.60. The average Bonchev–Trinajstić information content (AvgIpc) is 3.40. The largest absolute Gasteiger partial charge is 0.361 e. The van der Waals surface area contributed by atoms with Crippen LogP contribution in [0, 0.1) is 19.8 Å². The highest BCUT2D eigenvalue weighted by Crippen LogP contribution is 2.29. The van der Waals surface area contributed by atoms with Crippen molar-refractivity contribution in [2.24, 2.45) is 5.92 Å². The number of fused-ring (bicyclic) bond motifs is 1. The number of H-pyrrole nitrogens is 1. The third-order valence-electron chi connectivity index (χ3n) is 9.23. The van der Waals surface area contributed by atoms with Gasteiger partial charge in [0.05, 0.1) is 13.1 Å². The molecule has 2 aliphatic rings. The van der Waals surface area contributed by atoms with Crippen molar-refractivity contribution < 1.29 is 14.4 Å². The Morgan fingerprint density at radius 3 is 2.60 bits per heavy atom. The van der Waals surface area contributed by atoms with Crippen LogP contribution in [0.15, 0.2) is 48.7 Å².